The molecule has 4 atom stereocenters. The molecule has 1 aromatic carbocycles. The van der Waals surface area contributed by atoms with Crippen molar-refractivity contribution in [3.8, 4) is 0 Å². The Morgan fingerprint density at radius 3 is 2.68 bits per heavy atom. The van der Waals surface area contributed by atoms with Crippen LogP contribution >= 0.6 is 0 Å². The number of aliphatic hydroxyl groups is 1. The smallest absolute Gasteiger partial charge is 0.248 e. The standard InChI is InChI=1S/C20H29N3O4S/c21-20(25)14-4-1-6-16(12-14)28(26,27)23-13-15-5-2-9-22-10-3-7-17(19(15)22)18(23)8-11-24/h1,4,6,12,15,17-19,24H,2-3,5,7-11,13H2,(H2,21,25)/t15-,17+,18+,19-/m0/s1. The quantitative estimate of drug-likeness (QED) is 0.759. The van der Waals surface area contributed by atoms with E-state index in [0.717, 1.165) is 38.8 Å². The minimum Gasteiger partial charge on any atom is -0.396 e. The third-order valence-electron chi connectivity index (χ3n) is 6.77. The summed E-state index contributed by atoms with van der Waals surface area (Å²) in [6.07, 6.45) is 4.65. The van der Waals surface area contributed by atoms with Gasteiger partial charge in [0.1, 0.15) is 0 Å². The summed E-state index contributed by atoms with van der Waals surface area (Å²) in [5, 5.41) is 9.69. The summed E-state index contributed by atoms with van der Waals surface area (Å²) in [5.41, 5.74) is 5.54. The van der Waals surface area contributed by atoms with Crippen LogP contribution in [-0.2, 0) is 10.0 Å². The molecule has 3 heterocycles. The minimum absolute atomic E-state index is 0.0358. The lowest BCUT2D eigenvalue weighted by Gasteiger charge is -2.57. The van der Waals surface area contributed by atoms with Gasteiger partial charge in [-0.3, -0.25) is 9.69 Å². The fourth-order valence-electron chi connectivity index (χ4n) is 5.67. The molecule has 0 aromatic heterocycles. The molecule has 4 rings (SSSR count). The van der Waals surface area contributed by atoms with E-state index >= 15 is 0 Å². The van der Waals surface area contributed by atoms with Gasteiger partial charge in [-0.25, -0.2) is 8.42 Å². The van der Waals surface area contributed by atoms with Gasteiger partial charge in [0.15, 0.2) is 0 Å². The Balaban J connectivity index is 1.72. The largest absolute Gasteiger partial charge is 0.396 e. The van der Waals surface area contributed by atoms with E-state index < -0.39 is 15.9 Å². The van der Waals surface area contributed by atoms with Crippen LogP contribution in [0.25, 0.3) is 0 Å². The molecule has 0 bridgehead atoms. The Morgan fingerprint density at radius 2 is 1.96 bits per heavy atom. The number of carbonyl (C=O) groups is 1. The van der Waals surface area contributed by atoms with Gasteiger partial charge in [0.05, 0.1) is 4.90 Å². The number of piperidine rings is 3. The van der Waals surface area contributed by atoms with Gasteiger partial charge in [-0.15, -0.1) is 0 Å². The summed E-state index contributed by atoms with van der Waals surface area (Å²) < 4.78 is 28.7. The zero-order chi connectivity index (χ0) is 19.9. The predicted octanol–water partition coefficient (Wildman–Crippen LogP) is 1.03. The van der Waals surface area contributed by atoms with Crippen LogP contribution in [0.2, 0.25) is 0 Å². The second-order valence-electron chi connectivity index (χ2n) is 8.28. The number of nitrogens with zero attached hydrogens (tertiary/aromatic N) is 2. The number of hydrogen-bond acceptors (Lipinski definition) is 5. The van der Waals surface area contributed by atoms with Crippen LogP contribution in [0.15, 0.2) is 29.2 Å². The first-order chi connectivity index (χ1) is 13.4. The molecule has 8 heteroatoms. The van der Waals surface area contributed by atoms with Crippen LogP contribution < -0.4 is 5.73 Å². The molecule has 0 spiro atoms. The van der Waals surface area contributed by atoms with Gasteiger partial charge in [0.2, 0.25) is 15.9 Å². The van der Waals surface area contributed by atoms with Crippen LogP contribution in [0, 0.1) is 11.8 Å². The fraction of sp³-hybridized carbons (Fsp3) is 0.650. The van der Waals surface area contributed by atoms with E-state index in [2.05, 4.69) is 4.90 Å². The molecule has 3 N–H and O–H groups in total. The Labute approximate surface area is 166 Å². The summed E-state index contributed by atoms with van der Waals surface area (Å²) >= 11 is 0. The van der Waals surface area contributed by atoms with Crippen LogP contribution in [0.1, 0.15) is 42.5 Å². The van der Waals surface area contributed by atoms with E-state index in [4.69, 9.17) is 5.73 Å². The zero-order valence-electron chi connectivity index (χ0n) is 16.0. The summed E-state index contributed by atoms with van der Waals surface area (Å²) in [7, 11) is -3.78. The molecule has 0 aliphatic carbocycles. The second-order valence-corrected chi connectivity index (χ2v) is 10.2. The van der Waals surface area contributed by atoms with E-state index in [-0.39, 0.29) is 29.0 Å². The van der Waals surface area contributed by atoms with Crippen LogP contribution in [-0.4, -0.2) is 67.0 Å². The predicted molar refractivity (Wildman–Crippen MR) is 105 cm³/mol. The molecule has 7 nitrogen and oxygen atoms in total. The summed E-state index contributed by atoms with van der Waals surface area (Å²) in [6.45, 7) is 2.63. The van der Waals surface area contributed by atoms with E-state index in [1.807, 2.05) is 0 Å². The lowest BCUT2D eigenvalue weighted by atomic mass is 9.70. The molecule has 0 radical (unpaired) electrons. The fourth-order valence-corrected chi connectivity index (χ4v) is 7.47. The van der Waals surface area contributed by atoms with Crippen LogP contribution in [0.3, 0.4) is 0 Å². The van der Waals surface area contributed by atoms with Gasteiger partial charge < -0.3 is 10.8 Å². The highest BCUT2D eigenvalue weighted by atomic mass is 32.2. The number of aliphatic hydroxyl groups excluding tert-OH is 1. The first-order valence-electron chi connectivity index (χ1n) is 10.2. The average Bonchev–Trinajstić information content (AvgIpc) is 2.70. The first-order valence-corrected chi connectivity index (χ1v) is 11.6. The maximum atomic E-state index is 13.6. The highest BCUT2D eigenvalue weighted by Crippen LogP contribution is 2.44. The summed E-state index contributed by atoms with van der Waals surface area (Å²) in [6, 6.07) is 6.19. The molecule has 28 heavy (non-hydrogen) atoms. The SMILES string of the molecule is NC(=O)c1cccc(S(=O)(=O)N2C[C@@H]3CCCN4CCC[C@@H]([C@H]34)[C@H]2CCO)c1. The second kappa shape index (κ2) is 7.74. The maximum Gasteiger partial charge on any atom is 0.248 e. The van der Waals surface area contributed by atoms with Gasteiger partial charge in [-0.2, -0.15) is 4.31 Å². The molecular formula is C20H29N3O4S. The Morgan fingerprint density at radius 1 is 1.21 bits per heavy atom. The van der Waals surface area contributed by atoms with Crippen molar-refractivity contribution in [2.45, 2.75) is 49.1 Å². The van der Waals surface area contributed by atoms with E-state index in [9.17, 15) is 18.3 Å². The summed E-state index contributed by atoms with van der Waals surface area (Å²) in [4.78, 5) is 14.2. The molecule has 0 saturated carbocycles. The van der Waals surface area contributed by atoms with Gasteiger partial charge in [-0.05, 0) is 75.2 Å². The highest BCUT2D eigenvalue weighted by molar-refractivity contribution is 7.89. The molecular weight excluding hydrogens is 378 g/mol. The van der Waals surface area contributed by atoms with Crippen molar-refractivity contribution in [2.24, 2.45) is 17.6 Å². The van der Waals surface area contributed by atoms with Crippen LogP contribution in [0.5, 0.6) is 0 Å². The van der Waals surface area contributed by atoms with Crippen molar-refractivity contribution in [3.05, 3.63) is 29.8 Å². The Kier molecular flexibility index (Phi) is 5.48. The minimum atomic E-state index is -3.78. The molecule has 1 amide bonds. The Bertz CT molecular complexity index is 842. The zero-order valence-corrected chi connectivity index (χ0v) is 16.9. The van der Waals surface area contributed by atoms with Crippen molar-refractivity contribution in [1.29, 1.82) is 0 Å². The van der Waals surface area contributed by atoms with Crippen molar-refractivity contribution in [3.63, 3.8) is 0 Å². The first kappa shape index (κ1) is 19.8. The lowest BCUT2D eigenvalue weighted by molar-refractivity contribution is -0.0546. The van der Waals surface area contributed by atoms with E-state index in [1.54, 1.807) is 10.4 Å². The molecule has 3 aliphatic heterocycles. The lowest BCUT2D eigenvalue weighted by Crippen LogP contribution is -2.65. The average molecular weight is 408 g/mol. The number of nitrogens with two attached hydrogens (primary N) is 1. The van der Waals surface area contributed by atoms with Crippen molar-refractivity contribution >= 4 is 15.9 Å². The topological polar surface area (TPSA) is 104 Å². The molecule has 154 valence electrons. The van der Waals surface area contributed by atoms with Gasteiger partial charge in [0.25, 0.3) is 0 Å². The third-order valence-corrected chi connectivity index (χ3v) is 8.66. The van der Waals surface area contributed by atoms with E-state index in [1.165, 1.54) is 18.2 Å². The molecule has 0 unspecified atom stereocenters. The summed E-state index contributed by atoms with van der Waals surface area (Å²) in [5.74, 6) is -0.0741. The number of sulfonamides is 1. The maximum absolute atomic E-state index is 13.6. The number of hydrogen-bond donors (Lipinski definition) is 2. The van der Waals surface area contributed by atoms with Gasteiger partial charge in [-0.1, -0.05) is 6.07 Å². The highest BCUT2D eigenvalue weighted by Gasteiger charge is 2.51. The normalized spacial score (nSPS) is 31.3. The van der Waals surface area contributed by atoms with E-state index in [0.29, 0.717) is 24.9 Å². The van der Waals surface area contributed by atoms with Crippen molar-refractivity contribution in [2.75, 3.05) is 26.2 Å². The number of rotatable bonds is 5. The Hall–Kier alpha value is -1.48. The number of carbonyl (C=O) groups excluding carboxylic acids is 1. The van der Waals surface area contributed by atoms with Gasteiger partial charge in [0, 0.05) is 30.8 Å². The van der Waals surface area contributed by atoms with Gasteiger partial charge >= 0.3 is 0 Å². The number of benzene rings is 1. The third kappa shape index (κ3) is 3.36. The van der Waals surface area contributed by atoms with Crippen LogP contribution in [0.4, 0.5) is 0 Å². The number of amides is 1. The monoisotopic (exact) mass is 407 g/mol. The molecule has 3 saturated heterocycles. The van der Waals surface area contributed by atoms with Crippen molar-refractivity contribution < 1.29 is 18.3 Å². The molecule has 3 fully saturated rings. The molecule has 3 aliphatic rings. The van der Waals surface area contributed by atoms with Crippen molar-refractivity contribution in [1.82, 2.24) is 9.21 Å². The molecule has 1 aromatic rings. The number of primary amides is 1.